The van der Waals surface area contributed by atoms with Gasteiger partial charge in [0.2, 0.25) is 5.91 Å². The van der Waals surface area contributed by atoms with Crippen LogP contribution in [0.25, 0.3) is 0 Å². The molecule has 4 heteroatoms. The molecule has 1 aromatic rings. The van der Waals surface area contributed by atoms with Gasteiger partial charge in [-0.2, -0.15) is 0 Å². The third-order valence-corrected chi connectivity index (χ3v) is 4.53. The van der Waals surface area contributed by atoms with Crippen molar-refractivity contribution in [1.29, 1.82) is 0 Å². The minimum absolute atomic E-state index is 0.280. The van der Waals surface area contributed by atoms with Gasteiger partial charge in [0.05, 0.1) is 6.54 Å². The van der Waals surface area contributed by atoms with E-state index in [0.717, 1.165) is 36.9 Å². The maximum atomic E-state index is 12.2. The number of amides is 1. The molecule has 0 atom stereocenters. The van der Waals surface area contributed by atoms with Crippen molar-refractivity contribution >= 4 is 27.5 Å². The van der Waals surface area contributed by atoms with Crippen LogP contribution in [0.5, 0.6) is 0 Å². The van der Waals surface area contributed by atoms with Gasteiger partial charge in [0.1, 0.15) is 0 Å². The highest BCUT2D eigenvalue weighted by molar-refractivity contribution is 9.10. The predicted molar refractivity (Wildman–Crippen MR) is 80.5 cm³/mol. The molecule has 1 saturated heterocycles. The summed E-state index contributed by atoms with van der Waals surface area (Å²) in [5.74, 6) is 0.280. The van der Waals surface area contributed by atoms with Crippen LogP contribution < -0.4 is 4.90 Å². The van der Waals surface area contributed by atoms with Crippen LogP contribution in [0.1, 0.15) is 24.8 Å². The highest BCUT2D eigenvalue weighted by Gasteiger charge is 2.24. The number of nitrogens with zero attached hydrogens (tertiary/aromatic N) is 2. The Bertz CT molecular complexity index is 485. The van der Waals surface area contributed by atoms with Crippen molar-refractivity contribution in [3.8, 4) is 0 Å². The maximum absolute atomic E-state index is 12.2. The van der Waals surface area contributed by atoms with Crippen LogP contribution in [-0.4, -0.2) is 37.0 Å². The maximum Gasteiger partial charge on any atom is 0.242 e. The van der Waals surface area contributed by atoms with Crippen molar-refractivity contribution in [3.63, 3.8) is 0 Å². The normalized spacial score (nSPS) is 18.6. The van der Waals surface area contributed by atoms with E-state index in [1.807, 2.05) is 4.90 Å². The number of likely N-dealkylation sites (tertiary alicyclic amines) is 1. The molecule has 0 saturated carbocycles. The summed E-state index contributed by atoms with van der Waals surface area (Å²) in [7, 11) is 0. The van der Waals surface area contributed by atoms with Crippen LogP contribution in [0.4, 0.5) is 5.69 Å². The Morgan fingerprint density at radius 3 is 2.74 bits per heavy atom. The van der Waals surface area contributed by atoms with E-state index >= 15 is 0 Å². The smallest absolute Gasteiger partial charge is 0.242 e. The standard InChI is InChI=1S/C15H19BrN2O/c16-13-5-6-14-12(10-13)4-1-2-7-18(14)11-15(19)17-8-3-9-17/h5-6,10H,1-4,7-9,11H2. The summed E-state index contributed by atoms with van der Waals surface area (Å²) >= 11 is 3.54. The van der Waals surface area contributed by atoms with Crippen molar-refractivity contribution < 1.29 is 4.79 Å². The number of carbonyl (C=O) groups excluding carboxylic acids is 1. The van der Waals surface area contributed by atoms with Crippen molar-refractivity contribution in [1.82, 2.24) is 4.90 Å². The number of carbonyl (C=O) groups is 1. The first kappa shape index (κ1) is 13.0. The van der Waals surface area contributed by atoms with Crippen molar-refractivity contribution in [2.45, 2.75) is 25.7 Å². The summed E-state index contributed by atoms with van der Waals surface area (Å²) in [5.41, 5.74) is 2.61. The zero-order valence-corrected chi connectivity index (χ0v) is 12.7. The van der Waals surface area contributed by atoms with E-state index < -0.39 is 0 Å². The number of hydrogen-bond acceptors (Lipinski definition) is 2. The van der Waals surface area contributed by atoms with Gasteiger partial charge in [-0.1, -0.05) is 15.9 Å². The molecule has 0 N–H and O–H groups in total. The van der Waals surface area contributed by atoms with Gasteiger partial charge < -0.3 is 9.80 Å². The fraction of sp³-hybridized carbons (Fsp3) is 0.533. The molecular weight excluding hydrogens is 304 g/mol. The summed E-state index contributed by atoms with van der Waals surface area (Å²) in [6, 6.07) is 6.42. The third kappa shape index (κ3) is 2.78. The summed E-state index contributed by atoms with van der Waals surface area (Å²) < 4.78 is 1.13. The fourth-order valence-corrected chi connectivity index (χ4v) is 3.20. The second kappa shape index (κ2) is 5.53. The average molecular weight is 323 g/mol. The van der Waals surface area contributed by atoms with Crippen LogP contribution in [-0.2, 0) is 11.2 Å². The third-order valence-electron chi connectivity index (χ3n) is 4.04. The van der Waals surface area contributed by atoms with E-state index in [0.29, 0.717) is 6.54 Å². The summed E-state index contributed by atoms with van der Waals surface area (Å²) in [5, 5.41) is 0. The first-order chi connectivity index (χ1) is 9.24. The molecule has 0 radical (unpaired) electrons. The molecule has 3 rings (SSSR count). The average Bonchev–Trinajstić information content (AvgIpc) is 2.49. The SMILES string of the molecule is O=C(CN1CCCCc2cc(Br)ccc21)N1CCC1. The van der Waals surface area contributed by atoms with Gasteiger partial charge in [-0.05, 0) is 49.4 Å². The number of hydrogen-bond donors (Lipinski definition) is 0. The van der Waals surface area contributed by atoms with Crippen molar-refractivity contribution in [2.75, 3.05) is 31.1 Å². The van der Waals surface area contributed by atoms with Gasteiger partial charge in [-0.3, -0.25) is 4.79 Å². The lowest BCUT2D eigenvalue weighted by Gasteiger charge is -2.34. The molecular formula is C15H19BrN2O. The number of aryl methyl sites for hydroxylation is 1. The highest BCUT2D eigenvalue weighted by Crippen LogP contribution is 2.29. The Morgan fingerprint density at radius 1 is 1.16 bits per heavy atom. The largest absolute Gasteiger partial charge is 0.362 e. The number of benzene rings is 1. The Hall–Kier alpha value is -1.03. The topological polar surface area (TPSA) is 23.6 Å². The molecule has 0 bridgehead atoms. The molecule has 1 amide bonds. The van der Waals surface area contributed by atoms with Crippen LogP contribution in [0.3, 0.4) is 0 Å². The quantitative estimate of drug-likeness (QED) is 0.836. The second-order valence-corrected chi connectivity index (χ2v) is 6.30. The summed E-state index contributed by atoms with van der Waals surface area (Å²) in [6.07, 6.45) is 4.65. The van der Waals surface area contributed by atoms with E-state index in [1.54, 1.807) is 0 Å². The van der Waals surface area contributed by atoms with Crippen LogP contribution in [0.2, 0.25) is 0 Å². The molecule has 2 aliphatic rings. The van der Waals surface area contributed by atoms with Gasteiger partial charge in [-0.15, -0.1) is 0 Å². The lowest BCUT2D eigenvalue weighted by atomic mass is 10.1. The first-order valence-electron chi connectivity index (χ1n) is 7.05. The molecule has 2 aliphatic heterocycles. The van der Waals surface area contributed by atoms with E-state index in [2.05, 4.69) is 39.0 Å². The molecule has 2 heterocycles. The number of halogens is 1. The highest BCUT2D eigenvalue weighted by atomic mass is 79.9. The Balaban J connectivity index is 1.79. The first-order valence-corrected chi connectivity index (χ1v) is 7.84. The summed E-state index contributed by atoms with van der Waals surface area (Å²) in [6.45, 7) is 3.42. The fourth-order valence-electron chi connectivity index (χ4n) is 2.79. The Morgan fingerprint density at radius 2 is 2.00 bits per heavy atom. The van der Waals surface area contributed by atoms with E-state index in [9.17, 15) is 4.79 Å². The minimum Gasteiger partial charge on any atom is -0.362 e. The van der Waals surface area contributed by atoms with Crippen LogP contribution in [0.15, 0.2) is 22.7 Å². The van der Waals surface area contributed by atoms with Gasteiger partial charge in [0, 0.05) is 29.8 Å². The van der Waals surface area contributed by atoms with E-state index in [4.69, 9.17) is 0 Å². The van der Waals surface area contributed by atoms with Crippen molar-refractivity contribution in [3.05, 3.63) is 28.2 Å². The van der Waals surface area contributed by atoms with E-state index in [1.165, 1.54) is 24.1 Å². The molecule has 3 nitrogen and oxygen atoms in total. The van der Waals surface area contributed by atoms with E-state index in [-0.39, 0.29) is 5.91 Å². The molecule has 0 aliphatic carbocycles. The predicted octanol–water partition coefficient (Wildman–Crippen LogP) is 2.82. The van der Waals surface area contributed by atoms with Gasteiger partial charge in [0.25, 0.3) is 0 Å². The summed E-state index contributed by atoms with van der Waals surface area (Å²) in [4.78, 5) is 16.4. The monoisotopic (exact) mass is 322 g/mol. The molecule has 0 unspecified atom stereocenters. The van der Waals surface area contributed by atoms with Crippen LogP contribution in [0, 0.1) is 0 Å². The molecule has 1 aromatic carbocycles. The zero-order valence-electron chi connectivity index (χ0n) is 11.1. The minimum atomic E-state index is 0.280. The lowest BCUT2D eigenvalue weighted by molar-refractivity contribution is -0.133. The molecule has 0 spiro atoms. The molecule has 19 heavy (non-hydrogen) atoms. The zero-order chi connectivity index (χ0) is 13.2. The number of fused-ring (bicyclic) bond motifs is 1. The number of anilines is 1. The lowest BCUT2D eigenvalue weighted by Crippen LogP contribution is -2.47. The molecule has 0 aromatic heterocycles. The second-order valence-electron chi connectivity index (χ2n) is 5.39. The van der Waals surface area contributed by atoms with Gasteiger partial charge in [0.15, 0.2) is 0 Å². The molecule has 1 fully saturated rings. The van der Waals surface area contributed by atoms with Gasteiger partial charge in [-0.25, -0.2) is 0 Å². The van der Waals surface area contributed by atoms with Crippen molar-refractivity contribution in [2.24, 2.45) is 0 Å². The Labute approximate surface area is 122 Å². The Kier molecular flexibility index (Phi) is 3.78. The molecule has 102 valence electrons. The van der Waals surface area contributed by atoms with Gasteiger partial charge >= 0.3 is 0 Å². The number of rotatable bonds is 2. The van der Waals surface area contributed by atoms with Crippen LogP contribution >= 0.6 is 15.9 Å².